The maximum Gasteiger partial charge on any atom is 0.309 e. The van der Waals surface area contributed by atoms with E-state index in [0.29, 0.717) is 13.0 Å². The van der Waals surface area contributed by atoms with Gasteiger partial charge < -0.3 is 14.2 Å². The number of allylic oxidation sites excluding steroid dienone is 1. The number of unbranched alkanes of at least 4 members (excludes halogenated alkanes) is 6. The average molecular weight is 326 g/mol. The van der Waals surface area contributed by atoms with Gasteiger partial charge in [-0.05, 0) is 38.5 Å². The predicted molar refractivity (Wildman–Crippen MR) is 92.4 cm³/mol. The number of carbonyl (C=O) groups is 1. The predicted octanol–water partition coefficient (Wildman–Crippen LogP) is 4.28. The van der Waals surface area contributed by atoms with Crippen LogP contribution in [0, 0.1) is 5.92 Å². The fourth-order valence-electron chi connectivity index (χ4n) is 3.19. The minimum atomic E-state index is -0.0578. The van der Waals surface area contributed by atoms with Gasteiger partial charge in [-0.25, -0.2) is 0 Å². The summed E-state index contributed by atoms with van der Waals surface area (Å²) >= 11 is 0. The van der Waals surface area contributed by atoms with Gasteiger partial charge >= 0.3 is 5.97 Å². The number of esters is 1. The topological polar surface area (TPSA) is 44.8 Å². The van der Waals surface area contributed by atoms with E-state index in [-0.39, 0.29) is 24.1 Å². The molecule has 4 nitrogen and oxygen atoms in total. The second-order valence-corrected chi connectivity index (χ2v) is 6.53. The molecule has 1 aliphatic rings. The second-order valence-electron chi connectivity index (χ2n) is 6.53. The number of hydrogen-bond donors (Lipinski definition) is 0. The van der Waals surface area contributed by atoms with Crippen LogP contribution < -0.4 is 0 Å². The molecule has 1 aliphatic heterocycles. The van der Waals surface area contributed by atoms with Crippen molar-refractivity contribution >= 4 is 5.97 Å². The van der Waals surface area contributed by atoms with Gasteiger partial charge in [-0.2, -0.15) is 0 Å². The largest absolute Gasteiger partial charge is 0.462 e. The van der Waals surface area contributed by atoms with Gasteiger partial charge in [0, 0.05) is 14.2 Å². The highest BCUT2D eigenvalue weighted by Crippen LogP contribution is 2.29. The van der Waals surface area contributed by atoms with Gasteiger partial charge in [0.15, 0.2) is 0 Å². The molecule has 134 valence electrons. The monoisotopic (exact) mass is 326 g/mol. The minimum absolute atomic E-state index is 0.0214. The Hall–Kier alpha value is -0.870. The van der Waals surface area contributed by atoms with E-state index in [1.807, 2.05) is 6.08 Å². The summed E-state index contributed by atoms with van der Waals surface area (Å²) in [5.74, 6) is -0.0865. The van der Waals surface area contributed by atoms with Gasteiger partial charge in [-0.15, -0.1) is 6.58 Å². The van der Waals surface area contributed by atoms with E-state index in [9.17, 15) is 4.79 Å². The molecular weight excluding hydrogens is 292 g/mol. The first-order chi connectivity index (χ1) is 11.2. The zero-order valence-corrected chi connectivity index (χ0v) is 14.9. The summed E-state index contributed by atoms with van der Waals surface area (Å²) < 4.78 is 16.0. The molecule has 4 heteroatoms. The third-order valence-corrected chi connectivity index (χ3v) is 4.58. The SMILES string of the molecule is C=CCCCCCCCC[C@H]1C[C@H](C[C@H](COC)OC)C(=O)O1. The van der Waals surface area contributed by atoms with E-state index in [1.54, 1.807) is 14.2 Å². The molecule has 0 aliphatic carbocycles. The Labute approximate surface area is 141 Å². The number of cyclic esters (lactones) is 1. The van der Waals surface area contributed by atoms with Crippen LogP contribution in [0.3, 0.4) is 0 Å². The highest BCUT2D eigenvalue weighted by atomic mass is 16.6. The summed E-state index contributed by atoms with van der Waals surface area (Å²) in [6, 6.07) is 0. The van der Waals surface area contributed by atoms with Gasteiger partial charge in [0.05, 0.1) is 18.6 Å². The van der Waals surface area contributed by atoms with Crippen LogP contribution in [0.2, 0.25) is 0 Å². The van der Waals surface area contributed by atoms with Crippen molar-refractivity contribution in [2.75, 3.05) is 20.8 Å². The van der Waals surface area contributed by atoms with E-state index < -0.39 is 0 Å². The molecule has 0 bridgehead atoms. The van der Waals surface area contributed by atoms with Crippen LogP contribution in [0.4, 0.5) is 0 Å². The molecule has 1 rings (SSSR count). The Bertz CT molecular complexity index is 329. The van der Waals surface area contributed by atoms with Gasteiger partial charge in [0.25, 0.3) is 0 Å². The summed E-state index contributed by atoms with van der Waals surface area (Å²) in [5, 5.41) is 0. The van der Waals surface area contributed by atoms with Crippen LogP contribution in [-0.2, 0) is 19.0 Å². The lowest BCUT2D eigenvalue weighted by molar-refractivity contribution is -0.145. The normalized spacial score (nSPS) is 22.1. The Morgan fingerprint density at radius 1 is 1.22 bits per heavy atom. The average Bonchev–Trinajstić information content (AvgIpc) is 2.89. The second kappa shape index (κ2) is 12.5. The number of hydrogen-bond acceptors (Lipinski definition) is 4. The molecule has 3 atom stereocenters. The maximum atomic E-state index is 11.9. The Kier molecular flexibility index (Phi) is 11.0. The van der Waals surface area contributed by atoms with Gasteiger partial charge in [0.1, 0.15) is 6.10 Å². The van der Waals surface area contributed by atoms with Crippen LogP contribution >= 0.6 is 0 Å². The van der Waals surface area contributed by atoms with Crippen molar-refractivity contribution in [3.8, 4) is 0 Å². The maximum absolute atomic E-state index is 11.9. The standard InChI is InChI=1S/C19H34O4/c1-4-5-6-7-8-9-10-11-12-17-13-16(19(20)23-17)14-18(22-3)15-21-2/h4,16-18H,1,5-15H2,2-3H3/t16-,17+,18-/m1/s1. The van der Waals surface area contributed by atoms with Crippen molar-refractivity contribution in [1.29, 1.82) is 0 Å². The lowest BCUT2D eigenvalue weighted by atomic mass is 9.95. The molecule has 0 aromatic carbocycles. The summed E-state index contributed by atoms with van der Waals surface area (Å²) in [7, 11) is 3.32. The quantitative estimate of drug-likeness (QED) is 0.271. The summed E-state index contributed by atoms with van der Waals surface area (Å²) in [4.78, 5) is 11.9. The number of rotatable bonds is 14. The summed E-state index contributed by atoms with van der Waals surface area (Å²) in [5.41, 5.74) is 0. The van der Waals surface area contributed by atoms with E-state index in [0.717, 1.165) is 25.7 Å². The lowest BCUT2D eigenvalue weighted by Gasteiger charge is -2.16. The molecule has 0 unspecified atom stereocenters. The molecule has 0 saturated carbocycles. The summed E-state index contributed by atoms with van der Waals surface area (Å²) in [6.07, 6.45) is 13.2. The van der Waals surface area contributed by atoms with Crippen molar-refractivity contribution in [3.05, 3.63) is 12.7 Å². The molecule has 0 amide bonds. The molecule has 0 aromatic heterocycles. The molecule has 1 fully saturated rings. The lowest BCUT2D eigenvalue weighted by Crippen LogP contribution is -2.23. The van der Waals surface area contributed by atoms with E-state index >= 15 is 0 Å². The fraction of sp³-hybridized carbons (Fsp3) is 0.842. The Balaban J connectivity index is 2.10. The van der Waals surface area contributed by atoms with Crippen LogP contribution in [-0.4, -0.2) is 39.0 Å². The molecule has 1 saturated heterocycles. The van der Waals surface area contributed by atoms with Crippen LogP contribution in [0.1, 0.15) is 64.2 Å². The molecule has 0 radical (unpaired) electrons. The number of carbonyl (C=O) groups excluding carboxylic acids is 1. The third kappa shape index (κ3) is 8.52. The van der Waals surface area contributed by atoms with Crippen LogP contribution in [0.25, 0.3) is 0 Å². The highest BCUT2D eigenvalue weighted by molar-refractivity contribution is 5.74. The zero-order chi connectivity index (χ0) is 16.9. The first-order valence-corrected chi connectivity index (χ1v) is 9.04. The van der Waals surface area contributed by atoms with Crippen molar-refractivity contribution in [1.82, 2.24) is 0 Å². The van der Waals surface area contributed by atoms with Crippen molar-refractivity contribution in [2.24, 2.45) is 5.92 Å². The number of ether oxygens (including phenoxy) is 3. The Morgan fingerprint density at radius 2 is 1.91 bits per heavy atom. The highest BCUT2D eigenvalue weighted by Gasteiger charge is 2.35. The van der Waals surface area contributed by atoms with E-state index in [2.05, 4.69) is 6.58 Å². The number of methoxy groups -OCH3 is 2. The first kappa shape index (κ1) is 20.2. The van der Waals surface area contributed by atoms with E-state index in [4.69, 9.17) is 14.2 Å². The molecular formula is C19H34O4. The van der Waals surface area contributed by atoms with Crippen molar-refractivity contribution in [2.45, 2.75) is 76.4 Å². The molecule has 0 N–H and O–H groups in total. The third-order valence-electron chi connectivity index (χ3n) is 4.58. The molecule has 1 heterocycles. The van der Waals surface area contributed by atoms with Crippen molar-refractivity contribution < 1.29 is 19.0 Å². The van der Waals surface area contributed by atoms with Gasteiger partial charge in [0.2, 0.25) is 0 Å². The zero-order valence-electron chi connectivity index (χ0n) is 14.9. The molecule has 0 aromatic rings. The summed E-state index contributed by atoms with van der Waals surface area (Å²) in [6.45, 7) is 4.27. The molecule has 23 heavy (non-hydrogen) atoms. The Morgan fingerprint density at radius 3 is 2.57 bits per heavy atom. The minimum Gasteiger partial charge on any atom is -0.462 e. The fourth-order valence-corrected chi connectivity index (χ4v) is 3.19. The van der Waals surface area contributed by atoms with Gasteiger partial charge in [-0.3, -0.25) is 4.79 Å². The van der Waals surface area contributed by atoms with Crippen LogP contribution in [0.5, 0.6) is 0 Å². The van der Waals surface area contributed by atoms with E-state index in [1.165, 1.54) is 32.1 Å². The first-order valence-electron chi connectivity index (χ1n) is 9.04. The molecule has 0 spiro atoms. The van der Waals surface area contributed by atoms with Crippen LogP contribution in [0.15, 0.2) is 12.7 Å². The van der Waals surface area contributed by atoms with Crippen molar-refractivity contribution in [3.63, 3.8) is 0 Å². The van der Waals surface area contributed by atoms with Gasteiger partial charge in [-0.1, -0.05) is 31.8 Å². The smallest absolute Gasteiger partial charge is 0.309 e.